The Kier molecular flexibility index (Phi) is 9.16. The number of rotatable bonds is 6. The molecule has 0 aliphatic carbocycles. The van der Waals surface area contributed by atoms with Crippen molar-refractivity contribution in [2.75, 3.05) is 19.7 Å². The fourth-order valence-electron chi connectivity index (χ4n) is 3.28. The van der Waals surface area contributed by atoms with Crippen molar-refractivity contribution in [3.8, 4) is 5.75 Å². The molecule has 0 radical (unpaired) electrons. The Morgan fingerprint density at radius 1 is 0.964 bits per heavy atom. The van der Waals surface area contributed by atoms with Gasteiger partial charge in [-0.15, -0.1) is 0 Å². The summed E-state index contributed by atoms with van der Waals surface area (Å²) in [6.45, 7) is 5.49. The topological polar surface area (TPSA) is 90.2 Å². The minimum absolute atomic E-state index is 0.486. The zero-order valence-corrected chi connectivity index (χ0v) is 17.2. The van der Waals surface area contributed by atoms with E-state index in [0.717, 1.165) is 18.8 Å². The maximum absolute atomic E-state index is 8.88. The highest BCUT2D eigenvalue weighted by Crippen LogP contribution is 2.26. The van der Waals surface area contributed by atoms with Crippen molar-refractivity contribution in [3.05, 3.63) is 65.7 Å². The molecule has 2 aromatic rings. The molecule has 1 saturated heterocycles. The molecular formula is C21H30NO5P. The summed E-state index contributed by atoms with van der Waals surface area (Å²) in [5, 5.41) is 0. The molecule has 6 nitrogen and oxygen atoms in total. The molecule has 1 atom stereocenters. The van der Waals surface area contributed by atoms with Gasteiger partial charge in [0.1, 0.15) is 12.4 Å². The van der Waals surface area contributed by atoms with Crippen LogP contribution in [0.3, 0.4) is 0 Å². The number of piperidine rings is 1. The van der Waals surface area contributed by atoms with E-state index in [-0.39, 0.29) is 0 Å². The van der Waals surface area contributed by atoms with Crippen molar-refractivity contribution in [3.63, 3.8) is 0 Å². The van der Waals surface area contributed by atoms with E-state index in [9.17, 15) is 0 Å². The monoisotopic (exact) mass is 407 g/mol. The van der Waals surface area contributed by atoms with Gasteiger partial charge >= 0.3 is 7.82 Å². The van der Waals surface area contributed by atoms with E-state index in [1.54, 1.807) is 0 Å². The van der Waals surface area contributed by atoms with Crippen LogP contribution >= 0.6 is 7.82 Å². The number of benzene rings is 2. The predicted molar refractivity (Wildman–Crippen MR) is 110 cm³/mol. The number of ether oxygens (including phenoxy) is 1. The Bertz CT molecular complexity index is 735. The predicted octanol–water partition coefficient (Wildman–Crippen LogP) is 3.60. The smallest absolute Gasteiger partial charge is 0.466 e. The third-order valence-electron chi connectivity index (χ3n) is 4.70. The first-order valence-corrected chi connectivity index (χ1v) is 11.2. The molecule has 28 heavy (non-hydrogen) atoms. The van der Waals surface area contributed by atoms with Gasteiger partial charge in [-0.1, -0.05) is 55.0 Å². The van der Waals surface area contributed by atoms with Gasteiger partial charge < -0.3 is 19.4 Å². The summed E-state index contributed by atoms with van der Waals surface area (Å²) in [6, 6.07) is 19.5. The van der Waals surface area contributed by atoms with Crippen LogP contribution < -0.4 is 4.74 Å². The molecule has 0 bridgehead atoms. The molecule has 0 spiro atoms. The first kappa shape index (κ1) is 22.6. The molecule has 7 heteroatoms. The maximum Gasteiger partial charge on any atom is 0.466 e. The molecule has 1 aliphatic heterocycles. The molecule has 1 fully saturated rings. The van der Waals surface area contributed by atoms with Crippen molar-refractivity contribution in [1.29, 1.82) is 0 Å². The van der Waals surface area contributed by atoms with Crippen LogP contribution in [0.2, 0.25) is 0 Å². The van der Waals surface area contributed by atoms with Gasteiger partial charge in [0.2, 0.25) is 0 Å². The largest absolute Gasteiger partial charge is 0.492 e. The molecule has 2 aromatic carbocycles. The Labute approximate surface area is 167 Å². The first-order chi connectivity index (χ1) is 13.3. The van der Waals surface area contributed by atoms with Crippen molar-refractivity contribution in [2.45, 2.75) is 38.6 Å². The highest BCUT2D eigenvalue weighted by molar-refractivity contribution is 7.45. The quantitative estimate of drug-likeness (QED) is 0.634. The summed E-state index contributed by atoms with van der Waals surface area (Å²) < 4.78 is 15.1. The van der Waals surface area contributed by atoms with Crippen LogP contribution in [0, 0.1) is 0 Å². The Balaban J connectivity index is 0.000000500. The highest BCUT2D eigenvalue weighted by atomic mass is 31.2. The summed E-state index contributed by atoms with van der Waals surface area (Å²) >= 11 is 0. The lowest BCUT2D eigenvalue weighted by Gasteiger charge is -2.32. The summed E-state index contributed by atoms with van der Waals surface area (Å²) in [4.78, 5) is 24.1. The number of hydrogen-bond donors (Lipinski definition) is 3. The molecule has 0 amide bonds. The summed E-state index contributed by atoms with van der Waals surface area (Å²) in [5.74, 6) is 1.03. The Morgan fingerprint density at radius 2 is 1.54 bits per heavy atom. The fraction of sp³-hybridized carbons (Fsp3) is 0.429. The van der Waals surface area contributed by atoms with E-state index in [1.807, 2.05) is 0 Å². The zero-order chi connectivity index (χ0) is 20.4. The number of hydrogen-bond acceptors (Lipinski definition) is 3. The third kappa shape index (κ3) is 9.00. The summed E-state index contributed by atoms with van der Waals surface area (Å²) in [7, 11) is -4.64. The molecular weight excluding hydrogens is 377 g/mol. The number of phosphoric acid groups is 1. The van der Waals surface area contributed by atoms with Gasteiger partial charge in [0.05, 0.1) is 0 Å². The van der Waals surface area contributed by atoms with E-state index >= 15 is 0 Å². The number of likely N-dealkylation sites (tertiary alicyclic amines) is 1. The molecule has 1 heterocycles. The van der Waals surface area contributed by atoms with Crippen LogP contribution in [-0.2, 0) is 11.0 Å². The van der Waals surface area contributed by atoms with Crippen LogP contribution in [0.4, 0.5) is 0 Å². The van der Waals surface area contributed by atoms with E-state index in [2.05, 4.69) is 66.4 Å². The van der Waals surface area contributed by atoms with Gasteiger partial charge in [0.15, 0.2) is 0 Å². The summed E-state index contributed by atoms with van der Waals surface area (Å²) in [6.07, 6.45) is 4.96. The average molecular weight is 407 g/mol. The number of para-hydroxylation sites is 1. The molecule has 154 valence electrons. The van der Waals surface area contributed by atoms with Gasteiger partial charge in [0.25, 0.3) is 0 Å². The van der Waals surface area contributed by atoms with Crippen molar-refractivity contribution < 1.29 is 24.0 Å². The molecule has 0 saturated carbocycles. The second kappa shape index (κ2) is 11.3. The second-order valence-corrected chi connectivity index (χ2v) is 8.07. The van der Waals surface area contributed by atoms with Gasteiger partial charge in [-0.3, -0.25) is 4.90 Å². The minimum Gasteiger partial charge on any atom is -0.492 e. The standard InChI is InChI=1S/C21H27NO.H3O4P/c1-18(22-14-8-3-9-15-22)17-23-21-13-7-6-12-20(21)16-19-10-4-2-5-11-19;1-5(2,3)4/h2,4-7,10-13,18H,3,8-9,14-17H2,1H3;(H3,1,2,3,4)/t18-;/m0./s1. The van der Waals surface area contributed by atoms with Crippen molar-refractivity contribution >= 4 is 7.82 Å². The number of nitrogens with zero attached hydrogens (tertiary/aromatic N) is 1. The van der Waals surface area contributed by atoms with Gasteiger partial charge in [-0.2, -0.15) is 0 Å². The molecule has 0 unspecified atom stereocenters. The normalized spacial score (nSPS) is 16.0. The van der Waals surface area contributed by atoms with Crippen molar-refractivity contribution in [2.24, 2.45) is 0 Å². The van der Waals surface area contributed by atoms with E-state index in [4.69, 9.17) is 24.0 Å². The van der Waals surface area contributed by atoms with E-state index < -0.39 is 7.82 Å². The SMILES string of the molecule is C[C@@H](COc1ccccc1Cc1ccccc1)N1CCCCC1.O=P(O)(O)O. The van der Waals surface area contributed by atoms with Gasteiger partial charge in [0, 0.05) is 12.5 Å². The van der Waals surface area contributed by atoms with E-state index in [1.165, 1.54) is 43.5 Å². The van der Waals surface area contributed by atoms with Crippen LogP contribution in [0.15, 0.2) is 54.6 Å². The van der Waals surface area contributed by atoms with Gasteiger partial charge in [-0.25, -0.2) is 4.57 Å². The van der Waals surface area contributed by atoms with E-state index in [0.29, 0.717) is 6.04 Å². The lowest BCUT2D eigenvalue weighted by atomic mass is 10.0. The van der Waals surface area contributed by atoms with Crippen molar-refractivity contribution in [1.82, 2.24) is 4.90 Å². The van der Waals surface area contributed by atoms with Crippen LogP contribution in [0.1, 0.15) is 37.3 Å². The third-order valence-corrected chi connectivity index (χ3v) is 4.70. The highest BCUT2D eigenvalue weighted by Gasteiger charge is 2.17. The average Bonchev–Trinajstić information content (AvgIpc) is 2.67. The molecule has 0 aromatic heterocycles. The maximum atomic E-state index is 8.88. The van der Waals surface area contributed by atoms with Crippen LogP contribution in [0.5, 0.6) is 5.75 Å². The molecule has 3 N–H and O–H groups in total. The van der Waals surface area contributed by atoms with Crippen LogP contribution in [-0.4, -0.2) is 45.3 Å². The zero-order valence-electron chi connectivity index (χ0n) is 16.3. The lowest BCUT2D eigenvalue weighted by Crippen LogP contribution is -2.40. The minimum atomic E-state index is -4.64. The lowest BCUT2D eigenvalue weighted by molar-refractivity contribution is 0.124. The second-order valence-electron chi connectivity index (χ2n) is 7.04. The Morgan fingerprint density at radius 3 is 2.18 bits per heavy atom. The molecule has 3 rings (SSSR count). The summed E-state index contributed by atoms with van der Waals surface area (Å²) in [5.41, 5.74) is 2.59. The molecule has 1 aliphatic rings. The Hall–Kier alpha value is -1.69. The fourth-order valence-corrected chi connectivity index (χ4v) is 3.28. The first-order valence-electron chi connectivity index (χ1n) is 9.60. The van der Waals surface area contributed by atoms with Gasteiger partial charge in [-0.05, 0) is 50.0 Å². The van der Waals surface area contributed by atoms with Crippen LogP contribution in [0.25, 0.3) is 0 Å².